The Bertz CT molecular complexity index is 377. The number of rotatable bonds is 2. The summed E-state index contributed by atoms with van der Waals surface area (Å²) in [4.78, 5) is 10.3. The fourth-order valence-electron chi connectivity index (χ4n) is 1.29. The molecule has 2 rings (SSSR count). The molecule has 2 unspecified atom stereocenters. The molecule has 1 saturated heterocycles. The van der Waals surface area contributed by atoms with Gasteiger partial charge in [-0.1, -0.05) is 6.07 Å². The van der Waals surface area contributed by atoms with E-state index in [-0.39, 0.29) is 35.1 Å². The molecule has 0 amide bonds. The molecule has 15 heavy (non-hydrogen) atoms. The number of carbonyl (C=O) groups is 1. The van der Waals surface area contributed by atoms with Crippen LogP contribution in [0.2, 0.25) is 0 Å². The fraction of sp³-hybridized carbons (Fsp3) is 0.222. The van der Waals surface area contributed by atoms with Gasteiger partial charge in [0.05, 0.1) is 11.5 Å². The Hall–Kier alpha value is -0.490. The SMILES string of the molecule is O=C([O-])C1OC1c1c(F)cccc1F.[Na+]. The number of aliphatic carboxylic acids is 1. The maximum atomic E-state index is 13.0. The molecule has 0 spiro atoms. The molecule has 0 radical (unpaired) electrons. The quantitative estimate of drug-likeness (QED) is 0.400. The van der Waals surface area contributed by atoms with Crippen LogP contribution in [0.1, 0.15) is 11.7 Å². The molecule has 0 aromatic heterocycles. The van der Waals surface area contributed by atoms with Gasteiger partial charge in [0.25, 0.3) is 0 Å². The predicted molar refractivity (Wildman–Crippen MR) is 39.0 cm³/mol. The Morgan fingerprint density at radius 2 is 1.87 bits per heavy atom. The summed E-state index contributed by atoms with van der Waals surface area (Å²) in [6.45, 7) is 0. The molecule has 2 atom stereocenters. The zero-order valence-corrected chi connectivity index (χ0v) is 9.87. The number of carboxylic acids is 1. The van der Waals surface area contributed by atoms with Crippen LogP contribution >= 0.6 is 0 Å². The first kappa shape index (κ1) is 12.6. The second-order valence-electron chi connectivity index (χ2n) is 2.93. The molecular formula is C9H5F2NaO3. The van der Waals surface area contributed by atoms with E-state index in [0.29, 0.717) is 0 Å². The number of carboxylic acid groups (broad SMARTS) is 1. The Morgan fingerprint density at radius 1 is 1.33 bits per heavy atom. The van der Waals surface area contributed by atoms with Gasteiger partial charge in [-0.2, -0.15) is 0 Å². The van der Waals surface area contributed by atoms with Gasteiger partial charge in [-0.3, -0.25) is 0 Å². The zero-order chi connectivity index (χ0) is 10.3. The van der Waals surface area contributed by atoms with E-state index in [1.165, 1.54) is 6.07 Å². The number of epoxide rings is 1. The van der Waals surface area contributed by atoms with E-state index in [9.17, 15) is 18.7 Å². The van der Waals surface area contributed by atoms with Crippen molar-refractivity contribution >= 4 is 5.97 Å². The molecule has 3 nitrogen and oxygen atoms in total. The van der Waals surface area contributed by atoms with Crippen molar-refractivity contribution in [1.82, 2.24) is 0 Å². The van der Waals surface area contributed by atoms with Crippen molar-refractivity contribution < 1.29 is 53.0 Å². The van der Waals surface area contributed by atoms with E-state index >= 15 is 0 Å². The Morgan fingerprint density at radius 3 is 2.27 bits per heavy atom. The van der Waals surface area contributed by atoms with Gasteiger partial charge in [0.1, 0.15) is 23.8 Å². The first-order valence-corrected chi connectivity index (χ1v) is 3.91. The van der Waals surface area contributed by atoms with Crippen LogP contribution in [0.25, 0.3) is 0 Å². The minimum absolute atomic E-state index is 0. The molecular weight excluding hydrogens is 217 g/mol. The van der Waals surface area contributed by atoms with Gasteiger partial charge >= 0.3 is 29.6 Å². The van der Waals surface area contributed by atoms with Gasteiger partial charge in [0.2, 0.25) is 0 Å². The molecule has 0 aliphatic carbocycles. The first-order chi connectivity index (χ1) is 6.61. The van der Waals surface area contributed by atoms with Crippen LogP contribution in [-0.2, 0) is 9.53 Å². The zero-order valence-electron chi connectivity index (χ0n) is 7.87. The van der Waals surface area contributed by atoms with Crippen molar-refractivity contribution in [2.24, 2.45) is 0 Å². The van der Waals surface area contributed by atoms with Crippen LogP contribution < -0.4 is 34.7 Å². The molecule has 1 aliphatic heterocycles. The van der Waals surface area contributed by atoms with E-state index in [1.807, 2.05) is 0 Å². The summed E-state index contributed by atoms with van der Waals surface area (Å²) in [5.74, 6) is -3.07. The smallest absolute Gasteiger partial charge is 0.547 e. The summed E-state index contributed by atoms with van der Waals surface area (Å²) in [6.07, 6.45) is -2.29. The molecule has 1 aromatic carbocycles. The van der Waals surface area contributed by atoms with E-state index in [4.69, 9.17) is 0 Å². The Kier molecular flexibility index (Phi) is 3.83. The van der Waals surface area contributed by atoms with Crippen molar-refractivity contribution in [3.63, 3.8) is 0 Å². The maximum Gasteiger partial charge on any atom is 1.00 e. The van der Waals surface area contributed by atoms with Crippen LogP contribution in [-0.4, -0.2) is 12.1 Å². The van der Waals surface area contributed by atoms with Crippen molar-refractivity contribution in [3.05, 3.63) is 35.4 Å². The van der Waals surface area contributed by atoms with Gasteiger partial charge in [-0.15, -0.1) is 0 Å². The third kappa shape index (κ3) is 2.36. The van der Waals surface area contributed by atoms with Gasteiger partial charge in [-0.25, -0.2) is 8.78 Å². The average molecular weight is 222 g/mol. The summed E-state index contributed by atoms with van der Waals surface area (Å²) in [7, 11) is 0. The molecule has 0 N–H and O–H groups in total. The van der Waals surface area contributed by atoms with Crippen molar-refractivity contribution in [2.75, 3.05) is 0 Å². The fourth-order valence-corrected chi connectivity index (χ4v) is 1.29. The second-order valence-corrected chi connectivity index (χ2v) is 2.93. The van der Waals surface area contributed by atoms with Crippen LogP contribution in [0, 0.1) is 11.6 Å². The molecule has 6 heteroatoms. The average Bonchev–Trinajstić information content (AvgIpc) is 2.83. The summed E-state index contributed by atoms with van der Waals surface area (Å²) in [5, 5.41) is 10.3. The van der Waals surface area contributed by atoms with Crippen LogP contribution in [0.3, 0.4) is 0 Å². The van der Waals surface area contributed by atoms with E-state index < -0.39 is 29.8 Å². The minimum atomic E-state index is -1.46. The second kappa shape index (κ2) is 4.57. The van der Waals surface area contributed by atoms with Gasteiger partial charge < -0.3 is 14.6 Å². The number of benzene rings is 1. The largest absolute Gasteiger partial charge is 1.00 e. The summed E-state index contributed by atoms with van der Waals surface area (Å²) in [6, 6.07) is 3.30. The van der Waals surface area contributed by atoms with Crippen molar-refractivity contribution in [3.8, 4) is 0 Å². The predicted octanol–water partition coefficient (Wildman–Crippen LogP) is -2.84. The van der Waals surface area contributed by atoms with Gasteiger partial charge in [-0.05, 0) is 12.1 Å². The van der Waals surface area contributed by atoms with Crippen molar-refractivity contribution in [1.29, 1.82) is 0 Å². The number of hydrogen-bond acceptors (Lipinski definition) is 3. The van der Waals surface area contributed by atoms with Crippen LogP contribution in [0.4, 0.5) is 8.78 Å². The number of carbonyl (C=O) groups excluding carboxylic acids is 1. The maximum absolute atomic E-state index is 13.0. The molecule has 1 fully saturated rings. The normalized spacial score (nSPS) is 23.1. The molecule has 0 saturated carbocycles. The minimum Gasteiger partial charge on any atom is -0.547 e. The number of hydrogen-bond donors (Lipinski definition) is 0. The summed E-state index contributed by atoms with van der Waals surface area (Å²) in [5.41, 5.74) is -0.346. The summed E-state index contributed by atoms with van der Waals surface area (Å²) >= 11 is 0. The number of halogens is 2. The number of ether oxygens (including phenoxy) is 1. The standard InChI is InChI=1S/C9H6F2O3.Na/c10-4-2-1-3-5(11)6(4)7-8(14-7)9(12)13;/h1-3,7-8H,(H,12,13);/q;+1/p-1. The molecule has 74 valence electrons. The van der Waals surface area contributed by atoms with E-state index in [1.54, 1.807) is 0 Å². The van der Waals surface area contributed by atoms with E-state index in [0.717, 1.165) is 12.1 Å². The molecule has 1 aromatic rings. The van der Waals surface area contributed by atoms with Crippen LogP contribution in [0.15, 0.2) is 18.2 Å². The molecule has 1 heterocycles. The topological polar surface area (TPSA) is 52.7 Å². The third-order valence-corrected chi connectivity index (χ3v) is 2.01. The first-order valence-electron chi connectivity index (χ1n) is 3.91. The van der Waals surface area contributed by atoms with E-state index in [2.05, 4.69) is 4.74 Å². The van der Waals surface area contributed by atoms with Crippen LogP contribution in [0.5, 0.6) is 0 Å². The third-order valence-electron chi connectivity index (χ3n) is 2.01. The van der Waals surface area contributed by atoms with Gasteiger partial charge in [0.15, 0.2) is 0 Å². The monoisotopic (exact) mass is 222 g/mol. The molecule has 0 bridgehead atoms. The van der Waals surface area contributed by atoms with Gasteiger partial charge in [0, 0.05) is 0 Å². The molecule has 1 aliphatic rings. The Labute approximate surface area is 106 Å². The Balaban J connectivity index is 0.00000112. The summed E-state index contributed by atoms with van der Waals surface area (Å²) < 4.78 is 30.7. The van der Waals surface area contributed by atoms with Crippen molar-refractivity contribution in [2.45, 2.75) is 12.2 Å².